The molecule has 6 heteroatoms. The molecule has 1 aliphatic rings. The quantitative estimate of drug-likeness (QED) is 0.746. The lowest BCUT2D eigenvalue weighted by molar-refractivity contribution is -0.927. The summed E-state index contributed by atoms with van der Waals surface area (Å²) in [5.74, 6) is 1.97. The van der Waals surface area contributed by atoms with Crippen molar-refractivity contribution in [3.05, 3.63) is 64.7 Å². The molecule has 1 aliphatic heterocycles. The molecule has 1 saturated heterocycles. The van der Waals surface area contributed by atoms with Gasteiger partial charge in [-0.25, -0.2) is 0 Å². The molecular weight excluding hydrogens is 392 g/mol. The van der Waals surface area contributed by atoms with E-state index in [4.69, 9.17) is 16.3 Å². The highest BCUT2D eigenvalue weighted by molar-refractivity contribution is 7.99. The maximum Gasteiger partial charge on any atom is 0.278 e. The molecule has 0 radical (unpaired) electrons. The zero-order valence-electron chi connectivity index (χ0n) is 16.7. The van der Waals surface area contributed by atoms with Crippen molar-refractivity contribution < 1.29 is 14.4 Å². The van der Waals surface area contributed by atoms with Crippen LogP contribution < -0.4 is 9.64 Å². The van der Waals surface area contributed by atoms with Crippen LogP contribution in [0.2, 0.25) is 5.02 Å². The molecule has 2 aromatic carbocycles. The van der Waals surface area contributed by atoms with Crippen LogP contribution in [0.3, 0.4) is 0 Å². The van der Waals surface area contributed by atoms with Gasteiger partial charge >= 0.3 is 0 Å². The third-order valence-corrected chi connectivity index (χ3v) is 6.73. The van der Waals surface area contributed by atoms with E-state index in [2.05, 4.69) is 19.9 Å². The van der Waals surface area contributed by atoms with E-state index in [0.717, 1.165) is 35.2 Å². The van der Waals surface area contributed by atoms with Gasteiger partial charge in [0, 0.05) is 28.4 Å². The highest BCUT2D eigenvalue weighted by Crippen LogP contribution is 2.40. The van der Waals surface area contributed by atoms with Gasteiger partial charge in [0.2, 0.25) is 0 Å². The Kier molecular flexibility index (Phi) is 7.27. The number of benzene rings is 2. The smallest absolute Gasteiger partial charge is 0.278 e. The molecule has 0 spiro atoms. The van der Waals surface area contributed by atoms with Crippen LogP contribution in [0.25, 0.3) is 0 Å². The van der Waals surface area contributed by atoms with E-state index in [1.165, 1.54) is 10.5 Å². The number of methoxy groups -OCH3 is 1. The number of amides is 1. The van der Waals surface area contributed by atoms with Crippen LogP contribution in [0.15, 0.2) is 48.5 Å². The van der Waals surface area contributed by atoms with E-state index in [1.807, 2.05) is 47.4 Å². The third kappa shape index (κ3) is 5.02. The molecule has 2 aromatic rings. The zero-order valence-corrected chi connectivity index (χ0v) is 18.2. The summed E-state index contributed by atoms with van der Waals surface area (Å²) in [6.45, 7) is 6.35. The first-order valence-electron chi connectivity index (χ1n) is 9.62. The normalized spacial score (nSPS) is 17.8. The lowest BCUT2D eigenvalue weighted by Gasteiger charge is -2.29. The standard InChI is InChI=1S/C22H27ClN2O2S/c1-16(2)24(14-17-7-6-8-18(13-17)27-3)15-21(26)25-11-12-28-22(25)19-9-4-5-10-20(19)23/h4-10,13,16,22H,11-12,14-15H2,1-3H3/p+1/t22-/m0/s1. The fourth-order valence-electron chi connectivity index (χ4n) is 3.47. The molecule has 0 bridgehead atoms. The van der Waals surface area contributed by atoms with Crippen molar-refractivity contribution in [2.24, 2.45) is 0 Å². The van der Waals surface area contributed by atoms with Crippen LogP contribution in [-0.4, -0.2) is 42.8 Å². The van der Waals surface area contributed by atoms with Gasteiger partial charge in [-0.2, -0.15) is 0 Å². The van der Waals surface area contributed by atoms with Crippen molar-refractivity contribution in [2.45, 2.75) is 31.8 Å². The number of carbonyl (C=O) groups is 1. The number of hydrogen-bond donors (Lipinski definition) is 1. The third-order valence-electron chi connectivity index (χ3n) is 5.14. The Morgan fingerprint density at radius 2 is 2.07 bits per heavy atom. The molecule has 0 saturated carbocycles. The lowest BCUT2D eigenvalue weighted by atomic mass is 10.1. The summed E-state index contributed by atoms with van der Waals surface area (Å²) >= 11 is 8.18. The number of hydrogen-bond acceptors (Lipinski definition) is 3. The predicted molar refractivity (Wildman–Crippen MR) is 116 cm³/mol. The first-order chi connectivity index (χ1) is 13.5. The summed E-state index contributed by atoms with van der Waals surface area (Å²) in [5, 5.41) is 0.732. The van der Waals surface area contributed by atoms with Crippen molar-refractivity contribution in [1.82, 2.24) is 4.90 Å². The van der Waals surface area contributed by atoms with Crippen molar-refractivity contribution in [3.63, 3.8) is 0 Å². The van der Waals surface area contributed by atoms with Gasteiger partial charge < -0.3 is 14.5 Å². The molecule has 1 fully saturated rings. The average Bonchev–Trinajstić information content (AvgIpc) is 3.17. The van der Waals surface area contributed by atoms with Gasteiger partial charge in [0.05, 0.1) is 13.2 Å². The molecule has 3 rings (SSSR count). The summed E-state index contributed by atoms with van der Waals surface area (Å²) in [6, 6.07) is 16.2. The van der Waals surface area contributed by atoms with Crippen molar-refractivity contribution in [3.8, 4) is 5.75 Å². The fraction of sp³-hybridized carbons (Fsp3) is 0.409. The van der Waals surface area contributed by atoms with E-state index in [1.54, 1.807) is 18.9 Å². The number of nitrogens with zero attached hydrogens (tertiary/aromatic N) is 1. The molecule has 0 aromatic heterocycles. The molecule has 4 nitrogen and oxygen atoms in total. The second-order valence-corrected chi connectivity index (χ2v) is 8.95. The maximum atomic E-state index is 13.2. The van der Waals surface area contributed by atoms with Crippen LogP contribution in [-0.2, 0) is 11.3 Å². The van der Waals surface area contributed by atoms with Crippen molar-refractivity contribution in [1.29, 1.82) is 0 Å². The van der Waals surface area contributed by atoms with Crippen LogP contribution in [0, 0.1) is 0 Å². The molecule has 1 N–H and O–H groups in total. The Labute approximate surface area is 176 Å². The maximum absolute atomic E-state index is 13.2. The Bertz CT molecular complexity index is 815. The summed E-state index contributed by atoms with van der Waals surface area (Å²) in [4.78, 5) is 16.4. The van der Waals surface area contributed by atoms with Crippen molar-refractivity contribution >= 4 is 29.3 Å². The summed E-state index contributed by atoms with van der Waals surface area (Å²) in [6.07, 6.45) is 0. The number of thioether (sulfide) groups is 1. The van der Waals surface area contributed by atoms with E-state index in [9.17, 15) is 4.79 Å². The Morgan fingerprint density at radius 1 is 1.29 bits per heavy atom. The number of halogens is 1. The molecular formula is C22H28ClN2O2S+. The van der Waals surface area contributed by atoms with E-state index < -0.39 is 0 Å². The van der Waals surface area contributed by atoms with E-state index in [0.29, 0.717) is 12.6 Å². The molecule has 28 heavy (non-hydrogen) atoms. The highest BCUT2D eigenvalue weighted by Gasteiger charge is 2.34. The van der Waals surface area contributed by atoms with Crippen LogP contribution >= 0.6 is 23.4 Å². The molecule has 2 atom stereocenters. The minimum atomic E-state index is 0.00596. The van der Waals surface area contributed by atoms with Crippen LogP contribution in [0.4, 0.5) is 0 Å². The van der Waals surface area contributed by atoms with Gasteiger partial charge in [-0.1, -0.05) is 41.9 Å². The highest BCUT2D eigenvalue weighted by atomic mass is 35.5. The Morgan fingerprint density at radius 3 is 2.79 bits per heavy atom. The second-order valence-electron chi connectivity index (χ2n) is 7.35. The largest absolute Gasteiger partial charge is 0.497 e. The Hall–Kier alpha value is -1.69. The first kappa shape index (κ1) is 21.0. The average molecular weight is 420 g/mol. The second kappa shape index (κ2) is 9.68. The minimum absolute atomic E-state index is 0.00596. The first-order valence-corrected chi connectivity index (χ1v) is 11.0. The molecule has 150 valence electrons. The SMILES string of the molecule is COc1cccc(C[NH+](CC(=O)N2CCS[C@H]2c2ccccc2Cl)C(C)C)c1. The van der Waals surface area contributed by atoms with Gasteiger partial charge in [0.15, 0.2) is 6.54 Å². The number of quaternary nitrogens is 1. The fourth-order valence-corrected chi connectivity index (χ4v) is 5.09. The number of ether oxygens (including phenoxy) is 1. The summed E-state index contributed by atoms with van der Waals surface area (Å²) < 4.78 is 5.33. The topological polar surface area (TPSA) is 34.0 Å². The summed E-state index contributed by atoms with van der Waals surface area (Å²) in [7, 11) is 1.68. The lowest BCUT2D eigenvalue weighted by Crippen LogP contribution is -3.14. The van der Waals surface area contributed by atoms with E-state index in [-0.39, 0.29) is 11.3 Å². The molecule has 1 heterocycles. The molecule has 1 unspecified atom stereocenters. The van der Waals surface area contributed by atoms with Crippen LogP contribution in [0.5, 0.6) is 5.75 Å². The van der Waals surface area contributed by atoms with Gasteiger partial charge in [-0.3, -0.25) is 4.79 Å². The van der Waals surface area contributed by atoms with E-state index >= 15 is 0 Å². The summed E-state index contributed by atoms with van der Waals surface area (Å²) in [5.41, 5.74) is 2.20. The zero-order chi connectivity index (χ0) is 20.1. The number of carbonyl (C=O) groups excluding carboxylic acids is 1. The van der Waals surface area contributed by atoms with Crippen LogP contribution in [0.1, 0.15) is 30.3 Å². The minimum Gasteiger partial charge on any atom is -0.497 e. The number of nitrogens with one attached hydrogen (secondary N) is 1. The number of rotatable bonds is 7. The molecule has 0 aliphatic carbocycles. The predicted octanol–water partition coefficient (Wildman–Crippen LogP) is 3.42. The molecule has 1 amide bonds. The van der Waals surface area contributed by atoms with Gasteiger partial charge in [-0.15, -0.1) is 11.8 Å². The van der Waals surface area contributed by atoms with Gasteiger partial charge in [-0.05, 0) is 32.0 Å². The van der Waals surface area contributed by atoms with Gasteiger partial charge in [0.1, 0.15) is 17.7 Å². The van der Waals surface area contributed by atoms with Gasteiger partial charge in [0.25, 0.3) is 5.91 Å². The van der Waals surface area contributed by atoms with Crippen molar-refractivity contribution in [2.75, 3.05) is 26.0 Å². The Balaban J connectivity index is 1.72. The monoisotopic (exact) mass is 419 g/mol.